The first-order valence-electron chi connectivity index (χ1n) is 11.3. The lowest BCUT2D eigenvalue weighted by Gasteiger charge is -2.29. The van der Waals surface area contributed by atoms with E-state index in [1.54, 1.807) is 17.3 Å². The Labute approximate surface area is 195 Å². The van der Waals surface area contributed by atoms with Crippen LogP contribution in [0.3, 0.4) is 0 Å². The van der Waals surface area contributed by atoms with Gasteiger partial charge in [0, 0.05) is 50.9 Å². The van der Waals surface area contributed by atoms with Crippen LogP contribution in [0.15, 0.2) is 36.9 Å². The number of thiazole rings is 1. The van der Waals surface area contributed by atoms with Crippen molar-refractivity contribution in [3.05, 3.63) is 47.4 Å². The number of carbonyl (C=O) groups is 2. The summed E-state index contributed by atoms with van der Waals surface area (Å²) in [5.41, 5.74) is 1.82. The molecule has 0 aromatic carbocycles. The van der Waals surface area contributed by atoms with Crippen LogP contribution in [0, 0.1) is 5.92 Å². The van der Waals surface area contributed by atoms with Gasteiger partial charge >= 0.3 is 0 Å². The molecule has 2 fully saturated rings. The summed E-state index contributed by atoms with van der Waals surface area (Å²) in [5.74, 6) is -0.247. The van der Waals surface area contributed by atoms with Gasteiger partial charge in [0.1, 0.15) is 10.5 Å². The minimum atomic E-state index is -0.208. The molecule has 2 aliphatic heterocycles. The second-order valence-corrected chi connectivity index (χ2v) is 9.40. The average molecular weight is 470 g/mol. The van der Waals surface area contributed by atoms with Crippen LogP contribution in [0.25, 0.3) is 5.65 Å². The van der Waals surface area contributed by atoms with E-state index in [9.17, 15) is 9.59 Å². The first-order valence-corrected chi connectivity index (χ1v) is 12.2. The van der Waals surface area contributed by atoms with E-state index in [2.05, 4.69) is 15.3 Å². The van der Waals surface area contributed by atoms with Crippen LogP contribution < -0.4 is 10.2 Å². The first-order chi connectivity index (χ1) is 16.2. The smallest absolute Gasteiger partial charge is 0.263 e. The zero-order valence-corrected chi connectivity index (χ0v) is 19.1. The summed E-state index contributed by atoms with van der Waals surface area (Å²) in [6.07, 6.45) is 10.5. The summed E-state index contributed by atoms with van der Waals surface area (Å²) >= 11 is 1.24. The van der Waals surface area contributed by atoms with Crippen LogP contribution in [0.2, 0.25) is 0 Å². The number of nitrogens with one attached hydrogen (secondary N) is 1. The fourth-order valence-electron chi connectivity index (χ4n) is 4.25. The fourth-order valence-corrected chi connectivity index (χ4v) is 5.10. The summed E-state index contributed by atoms with van der Waals surface area (Å²) in [6, 6.07) is 3.85. The van der Waals surface area contributed by atoms with E-state index in [4.69, 9.17) is 9.47 Å². The van der Waals surface area contributed by atoms with E-state index >= 15 is 0 Å². The molecule has 9 nitrogen and oxygen atoms in total. The van der Waals surface area contributed by atoms with Crippen molar-refractivity contribution in [1.82, 2.24) is 19.7 Å². The lowest BCUT2D eigenvalue weighted by Crippen LogP contribution is -2.42. The van der Waals surface area contributed by atoms with E-state index in [0.717, 1.165) is 30.7 Å². The van der Waals surface area contributed by atoms with Crippen LogP contribution in [-0.4, -0.2) is 58.7 Å². The zero-order chi connectivity index (χ0) is 22.6. The third-order valence-electron chi connectivity index (χ3n) is 6.10. The number of ether oxygens (including phenoxy) is 2. The van der Waals surface area contributed by atoms with Gasteiger partial charge in [0.05, 0.1) is 18.8 Å². The molecule has 10 heteroatoms. The molecule has 0 unspecified atom stereocenters. The Bertz CT molecular complexity index is 1120. The van der Waals surface area contributed by atoms with Crippen molar-refractivity contribution in [1.29, 1.82) is 0 Å². The molecule has 174 valence electrons. The summed E-state index contributed by atoms with van der Waals surface area (Å²) in [4.78, 5) is 37.0. The minimum absolute atomic E-state index is 0.00746. The second kappa shape index (κ2) is 9.98. The number of imidazole rings is 1. The van der Waals surface area contributed by atoms with Gasteiger partial charge in [0.25, 0.3) is 5.91 Å². The third-order valence-corrected chi connectivity index (χ3v) is 7.12. The maximum atomic E-state index is 13.3. The third kappa shape index (κ3) is 5.07. The van der Waals surface area contributed by atoms with E-state index in [0.29, 0.717) is 49.2 Å². The highest BCUT2D eigenvalue weighted by Gasteiger charge is 2.32. The molecule has 1 atom stereocenters. The largest absolute Gasteiger partial charge is 0.381 e. The van der Waals surface area contributed by atoms with Crippen molar-refractivity contribution < 1.29 is 19.1 Å². The van der Waals surface area contributed by atoms with Crippen LogP contribution >= 0.6 is 11.3 Å². The minimum Gasteiger partial charge on any atom is -0.381 e. The second-order valence-electron chi connectivity index (χ2n) is 8.39. The van der Waals surface area contributed by atoms with E-state index in [1.165, 1.54) is 11.3 Å². The van der Waals surface area contributed by atoms with Crippen molar-refractivity contribution >= 4 is 33.9 Å². The van der Waals surface area contributed by atoms with Gasteiger partial charge in [-0.05, 0) is 37.3 Å². The molecule has 0 radical (unpaired) electrons. The lowest BCUT2D eigenvalue weighted by molar-refractivity contribution is -0.125. The van der Waals surface area contributed by atoms with Crippen molar-refractivity contribution in [3.63, 3.8) is 0 Å². The quantitative estimate of drug-likeness (QED) is 0.571. The molecule has 0 bridgehead atoms. The number of hydrogen-bond acceptors (Lipinski definition) is 7. The number of nitrogens with zero attached hydrogens (tertiary/aromatic N) is 4. The Kier molecular flexibility index (Phi) is 6.65. The van der Waals surface area contributed by atoms with Gasteiger partial charge in [0.15, 0.2) is 5.13 Å². The molecule has 1 N–H and O–H groups in total. The van der Waals surface area contributed by atoms with E-state index in [1.807, 2.05) is 28.9 Å². The molecule has 0 aliphatic carbocycles. The summed E-state index contributed by atoms with van der Waals surface area (Å²) < 4.78 is 13.1. The molecule has 5 heterocycles. The zero-order valence-electron chi connectivity index (χ0n) is 18.3. The molecule has 3 aromatic heterocycles. The predicted octanol–water partition coefficient (Wildman–Crippen LogP) is 2.66. The Balaban J connectivity index is 1.27. The molecule has 3 aromatic rings. The number of carbonyl (C=O) groups excluding carboxylic acids is 2. The highest BCUT2D eigenvalue weighted by Crippen LogP contribution is 2.28. The summed E-state index contributed by atoms with van der Waals surface area (Å²) in [5, 5.41) is 3.49. The number of aromatic nitrogens is 3. The van der Waals surface area contributed by atoms with Gasteiger partial charge in [0.2, 0.25) is 5.91 Å². The number of rotatable bonds is 7. The molecule has 2 amide bonds. The Morgan fingerprint density at radius 3 is 2.88 bits per heavy atom. The molecule has 2 aliphatic rings. The van der Waals surface area contributed by atoms with Crippen LogP contribution in [0.1, 0.15) is 40.9 Å². The highest BCUT2D eigenvalue weighted by molar-refractivity contribution is 7.17. The Hall–Kier alpha value is -2.82. The van der Waals surface area contributed by atoms with Crippen molar-refractivity contribution in [3.8, 4) is 0 Å². The number of pyridine rings is 1. The molecule has 0 spiro atoms. The topological polar surface area (TPSA) is 98.1 Å². The molecule has 33 heavy (non-hydrogen) atoms. The van der Waals surface area contributed by atoms with Gasteiger partial charge in [-0.2, -0.15) is 0 Å². The first kappa shape index (κ1) is 22.0. The van der Waals surface area contributed by atoms with Gasteiger partial charge < -0.3 is 19.2 Å². The molecular formula is C23H27N5O4S. The summed E-state index contributed by atoms with van der Waals surface area (Å²) in [6.45, 7) is 2.78. The van der Waals surface area contributed by atoms with Gasteiger partial charge in [-0.3, -0.25) is 14.5 Å². The highest BCUT2D eigenvalue weighted by atomic mass is 32.1. The standard InChI is InChI=1S/C23H27N5O4S/c29-21(25-12-16-3-4-20-24-7-8-27(20)14-16)19-13-26-23(33-19)28(15-18-2-1-9-32-18)22(30)17-5-10-31-11-6-17/h3-4,7-8,13-14,17-18H,1-2,5-6,9-12,15H2,(H,25,29)/t18-/m1/s1. The van der Waals surface area contributed by atoms with E-state index in [-0.39, 0.29) is 23.8 Å². The normalized spacial score (nSPS) is 19.1. The number of amides is 2. The van der Waals surface area contributed by atoms with Crippen LogP contribution in [0.4, 0.5) is 5.13 Å². The molecule has 5 rings (SSSR count). The molecule has 2 saturated heterocycles. The van der Waals surface area contributed by atoms with Gasteiger partial charge in [-0.25, -0.2) is 9.97 Å². The Morgan fingerprint density at radius 1 is 1.18 bits per heavy atom. The number of fused-ring (bicyclic) bond motifs is 1. The average Bonchev–Trinajstić information content (AvgIpc) is 3.62. The number of anilines is 1. The monoisotopic (exact) mass is 469 g/mol. The van der Waals surface area contributed by atoms with Crippen molar-refractivity contribution in [2.45, 2.75) is 38.3 Å². The van der Waals surface area contributed by atoms with Gasteiger partial charge in [-0.15, -0.1) is 0 Å². The maximum Gasteiger partial charge on any atom is 0.263 e. The maximum absolute atomic E-state index is 13.3. The lowest BCUT2D eigenvalue weighted by atomic mass is 9.98. The van der Waals surface area contributed by atoms with Crippen molar-refractivity contribution in [2.24, 2.45) is 5.92 Å². The van der Waals surface area contributed by atoms with Crippen LogP contribution in [-0.2, 0) is 20.8 Å². The summed E-state index contributed by atoms with van der Waals surface area (Å²) in [7, 11) is 0. The number of hydrogen-bond donors (Lipinski definition) is 1. The SMILES string of the molecule is O=C(NCc1ccc2nccn2c1)c1cnc(N(C[C@H]2CCCO2)C(=O)C2CCOCC2)s1. The predicted molar refractivity (Wildman–Crippen MR) is 123 cm³/mol. The van der Waals surface area contributed by atoms with Crippen LogP contribution in [0.5, 0.6) is 0 Å². The molecule has 0 saturated carbocycles. The van der Waals surface area contributed by atoms with Crippen molar-refractivity contribution in [2.75, 3.05) is 31.3 Å². The fraction of sp³-hybridized carbons (Fsp3) is 0.478. The Morgan fingerprint density at radius 2 is 2.06 bits per heavy atom. The molecular weight excluding hydrogens is 442 g/mol. The van der Waals surface area contributed by atoms with Gasteiger partial charge in [-0.1, -0.05) is 17.4 Å². The van der Waals surface area contributed by atoms with E-state index < -0.39 is 0 Å².